The molecule has 0 aliphatic rings. The van der Waals surface area contributed by atoms with E-state index in [0.717, 1.165) is 12.8 Å². The fourth-order valence-electron chi connectivity index (χ4n) is 1.69. The summed E-state index contributed by atoms with van der Waals surface area (Å²) in [5.74, 6) is 0. The van der Waals surface area contributed by atoms with E-state index in [1.54, 1.807) is 0 Å². The van der Waals surface area contributed by atoms with Crippen molar-refractivity contribution in [3.05, 3.63) is 35.4 Å². The summed E-state index contributed by atoms with van der Waals surface area (Å²) in [6.45, 7) is 10.2. The van der Waals surface area contributed by atoms with Crippen LogP contribution in [0.4, 0.5) is 0 Å². The molecule has 0 unspecified atom stereocenters. The molecule has 0 saturated carbocycles. The Bertz CT molecular complexity index is 356. The fraction of sp³-hybridized carbons (Fsp3) is 0.600. The van der Waals surface area contributed by atoms with Gasteiger partial charge in [-0.25, -0.2) is 0 Å². The Morgan fingerprint density at radius 2 is 1.78 bits per heavy atom. The normalized spacial score (nSPS) is 15.4. The number of hydrogen-bond acceptors (Lipinski definition) is 2. The van der Waals surface area contributed by atoms with Crippen molar-refractivity contribution in [2.24, 2.45) is 0 Å². The average molecular weight is 267 g/mol. The van der Waals surface area contributed by atoms with Gasteiger partial charge in [0.05, 0.1) is 6.04 Å². The molecule has 102 valence electrons. The monoisotopic (exact) mass is 267 g/mol. The summed E-state index contributed by atoms with van der Waals surface area (Å²) in [5.41, 5.74) is 2.48. The summed E-state index contributed by atoms with van der Waals surface area (Å²) in [6, 6.07) is 8.65. The Kier molecular flexibility index (Phi) is 5.70. The molecule has 1 aromatic rings. The Balaban J connectivity index is 2.80. The first kappa shape index (κ1) is 15.5. The van der Waals surface area contributed by atoms with Crippen molar-refractivity contribution in [2.75, 3.05) is 0 Å². The molecule has 1 rings (SSSR count). The van der Waals surface area contributed by atoms with Gasteiger partial charge in [-0.3, -0.25) is 0 Å². The summed E-state index contributed by atoms with van der Waals surface area (Å²) in [6.07, 6.45) is 2.08. The molecule has 0 spiro atoms. The third-order valence-electron chi connectivity index (χ3n) is 2.86. The third-order valence-corrected chi connectivity index (χ3v) is 4.47. The first-order chi connectivity index (χ1) is 8.34. The first-order valence-corrected chi connectivity index (χ1v) is 7.74. The molecule has 0 aliphatic heterocycles. The molecule has 0 fully saturated rings. The molecule has 0 aliphatic carbocycles. The molecule has 0 bridgehead atoms. The van der Waals surface area contributed by atoms with E-state index >= 15 is 0 Å². The molecule has 18 heavy (non-hydrogen) atoms. The summed E-state index contributed by atoms with van der Waals surface area (Å²) in [7, 11) is 0. The predicted molar refractivity (Wildman–Crippen MR) is 79.9 cm³/mol. The van der Waals surface area contributed by atoms with Crippen LogP contribution < -0.4 is 4.72 Å². The largest absolute Gasteiger partial charge is 0.598 e. The van der Waals surface area contributed by atoms with Crippen molar-refractivity contribution in [1.82, 2.24) is 4.72 Å². The van der Waals surface area contributed by atoms with Crippen molar-refractivity contribution >= 4 is 11.4 Å². The van der Waals surface area contributed by atoms with Gasteiger partial charge in [-0.15, -0.1) is 4.72 Å². The Labute approximate surface area is 114 Å². The van der Waals surface area contributed by atoms with Crippen molar-refractivity contribution in [2.45, 2.75) is 58.2 Å². The predicted octanol–water partition coefficient (Wildman–Crippen LogP) is 3.89. The molecule has 1 aromatic carbocycles. The zero-order chi connectivity index (χ0) is 13.8. The van der Waals surface area contributed by atoms with Crippen LogP contribution in [0.3, 0.4) is 0 Å². The van der Waals surface area contributed by atoms with Crippen molar-refractivity contribution in [3.8, 4) is 0 Å². The highest BCUT2D eigenvalue weighted by Gasteiger charge is 2.29. The van der Waals surface area contributed by atoms with Gasteiger partial charge in [0, 0.05) is 11.4 Å². The number of aryl methyl sites for hydroxylation is 1. The summed E-state index contributed by atoms with van der Waals surface area (Å²) in [5, 5.41) is 0. The minimum atomic E-state index is -1.02. The molecule has 3 heteroatoms. The van der Waals surface area contributed by atoms with E-state index in [1.807, 2.05) is 20.8 Å². The second-order valence-corrected chi connectivity index (χ2v) is 7.75. The number of rotatable bonds is 5. The minimum absolute atomic E-state index is 0.177. The number of nitrogens with one attached hydrogen (secondary N) is 1. The molecule has 0 aromatic heterocycles. The smallest absolute Gasteiger partial charge is 0.136 e. The first-order valence-electron chi connectivity index (χ1n) is 6.59. The van der Waals surface area contributed by atoms with Crippen LogP contribution in [0.25, 0.3) is 0 Å². The van der Waals surface area contributed by atoms with Gasteiger partial charge >= 0.3 is 0 Å². The lowest BCUT2D eigenvalue weighted by Crippen LogP contribution is -2.41. The topological polar surface area (TPSA) is 35.1 Å². The lowest BCUT2D eigenvalue weighted by Gasteiger charge is -2.28. The number of hydrogen-bond donors (Lipinski definition) is 1. The third kappa shape index (κ3) is 4.63. The molecule has 0 amide bonds. The van der Waals surface area contributed by atoms with E-state index in [2.05, 4.69) is 42.8 Å². The Morgan fingerprint density at radius 1 is 1.22 bits per heavy atom. The molecule has 0 saturated heterocycles. The molecule has 1 N–H and O–H groups in total. The second-order valence-electron chi connectivity index (χ2n) is 5.75. The lowest BCUT2D eigenvalue weighted by atomic mass is 10.0. The van der Waals surface area contributed by atoms with Crippen LogP contribution in [0.2, 0.25) is 0 Å². The molecule has 0 radical (unpaired) electrons. The molecule has 2 nitrogen and oxygen atoms in total. The van der Waals surface area contributed by atoms with Crippen LogP contribution in [0, 0.1) is 6.92 Å². The van der Waals surface area contributed by atoms with Gasteiger partial charge in [0.15, 0.2) is 0 Å². The summed E-state index contributed by atoms with van der Waals surface area (Å²) in [4.78, 5) is 0. The maximum Gasteiger partial charge on any atom is 0.136 e. The van der Waals surface area contributed by atoms with Crippen LogP contribution >= 0.6 is 0 Å². The van der Waals surface area contributed by atoms with Crippen LogP contribution in [0.5, 0.6) is 0 Å². The van der Waals surface area contributed by atoms with E-state index in [9.17, 15) is 4.55 Å². The average Bonchev–Trinajstić information content (AvgIpc) is 2.28. The van der Waals surface area contributed by atoms with E-state index in [1.165, 1.54) is 11.1 Å². The second kappa shape index (κ2) is 6.60. The molecule has 0 heterocycles. The quantitative estimate of drug-likeness (QED) is 0.821. The highest BCUT2D eigenvalue weighted by atomic mass is 32.2. The molecular formula is C15H25NOS. The van der Waals surface area contributed by atoms with E-state index in [0.29, 0.717) is 0 Å². The standard InChI is InChI=1S/C15H25NOS/c1-6-7-14(16-18(17)15(3,4)5)13-10-8-12(2)9-11-13/h8-11,14,16H,6-7H2,1-5H3/t14-,18+/m0/s1. The zero-order valence-corrected chi connectivity index (χ0v) is 12.9. The van der Waals surface area contributed by atoms with Crippen LogP contribution in [0.1, 0.15) is 57.7 Å². The van der Waals surface area contributed by atoms with Gasteiger partial charge in [-0.1, -0.05) is 43.2 Å². The maximum atomic E-state index is 12.2. The van der Waals surface area contributed by atoms with Crippen LogP contribution in [-0.2, 0) is 11.4 Å². The van der Waals surface area contributed by atoms with Gasteiger partial charge in [0.25, 0.3) is 0 Å². The highest BCUT2D eigenvalue weighted by molar-refractivity contribution is 7.90. The van der Waals surface area contributed by atoms with Crippen molar-refractivity contribution < 1.29 is 4.55 Å². The Hall–Kier alpha value is -0.510. The minimum Gasteiger partial charge on any atom is -0.598 e. The van der Waals surface area contributed by atoms with Crippen molar-refractivity contribution in [3.63, 3.8) is 0 Å². The maximum absolute atomic E-state index is 12.2. The summed E-state index contributed by atoms with van der Waals surface area (Å²) >= 11 is -1.02. The highest BCUT2D eigenvalue weighted by Crippen LogP contribution is 2.23. The Morgan fingerprint density at radius 3 is 2.22 bits per heavy atom. The van der Waals surface area contributed by atoms with Gasteiger partial charge in [-0.05, 0) is 39.7 Å². The molecular weight excluding hydrogens is 242 g/mol. The van der Waals surface area contributed by atoms with E-state index in [4.69, 9.17) is 0 Å². The molecule has 2 atom stereocenters. The van der Waals surface area contributed by atoms with E-state index < -0.39 is 11.4 Å². The summed E-state index contributed by atoms with van der Waals surface area (Å²) < 4.78 is 15.2. The van der Waals surface area contributed by atoms with Crippen molar-refractivity contribution in [1.29, 1.82) is 0 Å². The van der Waals surface area contributed by atoms with E-state index in [-0.39, 0.29) is 10.8 Å². The van der Waals surface area contributed by atoms with Gasteiger partial charge < -0.3 is 4.55 Å². The van der Waals surface area contributed by atoms with Crippen LogP contribution in [-0.4, -0.2) is 9.30 Å². The lowest BCUT2D eigenvalue weighted by molar-refractivity contribution is 0.509. The van der Waals surface area contributed by atoms with Crippen LogP contribution in [0.15, 0.2) is 24.3 Å². The van der Waals surface area contributed by atoms with Gasteiger partial charge in [0.2, 0.25) is 0 Å². The van der Waals surface area contributed by atoms with Gasteiger partial charge in [0.1, 0.15) is 4.75 Å². The van der Waals surface area contributed by atoms with Gasteiger partial charge in [-0.2, -0.15) is 0 Å². The SMILES string of the molecule is CCC[C@H](N[S@+]([O-])C(C)(C)C)c1ccc(C)cc1. The zero-order valence-electron chi connectivity index (χ0n) is 12.1. The number of benzene rings is 1. The fourth-order valence-corrected chi connectivity index (χ4v) is 2.55.